The van der Waals surface area contributed by atoms with E-state index < -0.39 is 0 Å². The molecule has 0 aromatic heterocycles. The number of rotatable bonds is 1. The van der Waals surface area contributed by atoms with Crippen LogP contribution in [0.4, 0.5) is 0 Å². The lowest BCUT2D eigenvalue weighted by Crippen LogP contribution is -2.26. The zero-order valence-electron chi connectivity index (χ0n) is 11.1. The van der Waals surface area contributed by atoms with Gasteiger partial charge in [-0.1, -0.05) is 13.8 Å². The summed E-state index contributed by atoms with van der Waals surface area (Å²) in [5.74, 6) is 2.55. The fraction of sp³-hybridized carbons (Fsp3) is 0.500. The number of allylic oxidation sites excluding steroid dienone is 1. The maximum Gasteiger partial charge on any atom is 0.130 e. The lowest BCUT2D eigenvalue weighted by molar-refractivity contribution is 0.279. The summed E-state index contributed by atoms with van der Waals surface area (Å²) in [6.45, 7) is 5.32. The molecule has 2 unspecified atom stereocenters. The molecule has 96 valence electrons. The number of ether oxygens (including phenoxy) is 1. The van der Waals surface area contributed by atoms with Crippen LogP contribution in [0.1, 0.15) is 38.7 Å². The van der Waals surface area contributed by atoms with Crippen molar-refractivity contribution in [2.75, 3.05) is 6.61 Å². The third-order valence-electron chi connectivity index (χ3n) is 4.49. The average molecular weight is 244 g/mol. The predicted octanol–water partition coefficient (Wildman–Crippen LogP) is 3.99. The second-order valence-electron chi connectivity index (χ2n) is 5.50. The molecule has 2 nitrogen and oxygen atoms in total. The Hall–Kier alpha value is -1.44. The summed E-state index contributed by atoms with van der Waals surface area (Å²) in [5, 5.41) is 9.53. The van der Waals surface area contributed by atoms with Crippen molar-refractivity contribution < 1.29 is 9.84 Å². The van der Waals surface area contributed by atoms with Crippen molar-refractivity contribution in [2.24, 2.45) is 11.8 Å². The molecule has 0 fully saturated rings. The molecule has 1 aliphatic heterocycles. The van der Waals surface area contributed by atoms with E-state index in [0.29, 0.717) is 12.5 Å². The summed E-state index contributed by atoms with van der Waals surface area (Å²) in [6, 6.07) is 5.50. The number of hydrogen-bond donors (Lipinski definition) is 1. The van der Waals surface area contributed by atoms with Crippen LogP contribution in [-0.4, -0.2) is 11.7 Å². The predicted molar refractivity (Wildman–Crippen MR) is 72.7 cm³/mol. The molecular formula is C16H20O2. The first kappa shape index (κ1) is 11.6. The zero-order valence-corrected chi connectivity index (χ0v) is 11.1. The number of phenolic OH excluding ortho intramolecular Hbond substituents is 1. The molecule has 1 aliphatic carbocycles. The molecule has 0 saturated heterocycles. The van der Waals surface area contributed by atoms with E-state index in [1.165, 1.54) is 29.6 Å². The minimum Gasteiger partial charge on any atom is -0.508 e. The van der Waals surface area contributed by atoms with Gasteiger partial charge in [0.15, 0.2) is 0 Å². The van der Waals surface area contributed by atoms with Crippen molar-refractivity contribution >= 4 is 5.57 Å². The highest BCUT2D eigenvalue weighted by Gasteiger charge is 2.32. The molecule has 3 rings (SSSR count). The molecule has 1 heterocycles. The Balaban J connectivity index is 2.09. The smallest absolute Gasteiger partial charge is 0.130 e. The van der Waals surface area contributed by atoms with Gasteiger partial charge in [-0.05, 0) is 54.4 Å². The van der Waals surface area contributed by atoms with E-state index in [4.69, 9.17) is 4.74 Å². The van der Waals surface area contributed by atoms with Gasteiger partial charge >= 0.3 is 0 Å². The Morgan fingerprint density at radius 1 is 1.39 bits per heavy atom. The van der Waals surface area contributed by atoms with Crippen LogP contribution in [0.5, 0.6) is 11.5 Å². The lowest BCUT2D eigenvalue weighted by Gasteiger charge is -2.36. The summed E-state index contributed by atoms with van der Waals surface area (Å²) in [6.07, 6.45) is 3.60. The Morgan fingerprint density at radius 3 is 3.00 bits per heavy atom. The SMILES string of the molecule is CCC1C2=C(CCC1C)c1ccc(O)cc1OC2. The van der Waals surface area contributed by atoms with Crippen LogP contribution in [0.2, 0.25) is 0 Å². The van der Waals surface area contributed by atoms with E-state index >= 15 is 0 Å². The molecule has 1 aromatic rings. The topological polar surface area (TPSA) is 29.5 Å². The monoisotopic (exact) mass is 244 g/mol. The van der Waals surface area contributed by atoms with Crippen molar-refractivity contribution in [3.8, 4) is 11.5 Å². The van der Waals surface area contributed by atoms with Crippen molar-refractivity contribution in [2.45, 2.75) is 33.1 Å². The second-order valence-corrected chi connectivity index (χ2v) is 5.50. The quantitative estimate of drug-likeness (QED) is 0.809. The van der Waals surface area contributed by atoms with Gasteiger partial charge in [0, 0.05) is 11.6 Å². The largest absolute Gasteiger partial charge is 0.508 e. The van der Waals surface area contributed by atoms with Crippen molar-refractivity contribution in [1.82, 2.24) is 0 Å². The lowest BCUT2D eigenvalue weighted by atomic mass is 9.72. The van der Waals surface area contributed by atoms with E-state index in [9.17, 15) is 5.11 Å². The summed E-state index contributed by atoms with van der Waals surface area (Å²) in [4.78, 5) is 0. The summed E-state index contributed by atoms with van der Waals surface area (Å²) in [5.41, 5.74) is 4.16. The Morgan fingerprint density at radius 2 is 2.22 bits per heavy atom. The molecule has 0 amide bonds. The van der Waals surface area contributed by atoms with Gasteiger partial charge in [0.2, 0.25) is 0 Å². The van der Waals surface area contributed by atoms with Crippen LogP contribution in [0.3, 0.4) is 0 Å². The molecular weight excluding hydrogens is 224 g/mol. The molecule has 1 aromatic carbocycles. The Bertz CT molecular complexity index is 502. The summed E-state index contributed by atoms with van der Waals surface area (Å²) in [7, 11) is 0. The van der Waals surface area contributed by atoms with E-state index in [1.54, 1.807) is 12.1 Å². The number of benzene rings is 1. The van der Waals surface area contributed by atoms with Gasteiger partial charge in [-0.15, -0.1) is 0 Å². The number of fused-ring (bicyclic) bond motifs is 2. The first-order valence-electron chi connectivity index (χ1n) is 6.88. The molecule has 1 N–H and O–H groups in total. The van der Waals surface area contributed by atoms with Crippen molar-refractivity contribution in [3.63, 3.8) is 0 Å². The van der Waals surface area contributed by atoms with E-state index in [0.717, 1.165) is 18.1 Å². The van der Waals surface area contributed by atoms with Gasteiger partial charge in [-0.3, -0.25) is 0 Å². The average Bonchev–Trinajstić information content (AvgIpc) is 2.37. The Kier molecular flexibility index (Phi) is 2.81. The van der Waals surface area contributed by atoms with Crippen LogP contribution in [0.25, 0.3) is 5.57 Å². The molecule has 0 bridgehead atoms. The van der Waals surface area contributed by atoms with Gasteiger partial charge in [0.1, 0.15) is 18.1 Å². The van der Waals surface area contributed by atoms with Gasteiger partial charge in [-0.2, -0.15) is 0 Å². The number of aromatic hydroxyl groups is 1. The third kappa shape index (κ3) is 1.71. The highest BCUT2D eigenvalue weighted by Crippen LogP contribution is 2.46. The maximum atomic E-state index is 9.53. The van der Waals surface area contributed by atoms with Gasteiger partial charge in [-0.25, -0.2) is 0 Å². The Labute approximate surface area is 108 Å². The second kappa shape index (κ2) is 4.34. The summed E-state index contributed by atoms with van der Waals surface area (Å²) >= 11 is 0. The van der Waals surface area contributed by atoms with Gasteiger partial charge in [0.25, 0.3) is 0 Å². The third-order valence-corrected chi connectivity index (χ3v) is 4.49. The first-order chi connectivity index (χ1) is 8.70. The van der Waals surface area contributed by atoms with Crippen LogP contribution >= 0.6 is 0 Å². The van der Waals surface area contributed by atoms with Gasteiger partial charge < -0.3 is 9.84 Å². The molecule has 2 aliphatic rings. The highest BCUT2D eigenvalue weighted by atomic mass is 16.5. The standard InChI is InChI=1S/C16H20O2/c1-3-12-10(2)4-6-13-14-7-5-11(17)8-16(14)18-9-15(12)13/h5,7-8,10,12,17H,3-4,6,9H2,1-2H3. The first-order valence-corrected chi connectivity index (χ1v) is 6.88. The van der Waals surface area contributed by atoms with Crippen molar-refractivity contribution in [1.29, 1.82) is 0 Å². The van der Waals surface area contributed by atoms with E-state index in [-0.39, 0.29) is 5.75 Å². The van der Waals surface area contributed by atoms with Crippen molar-refractivity contribution in [3.05, 3.63) is 29.3 Å². The normalized spacial score (nSPS) is 26.3. The zero-order chi connectivity index (χ0) is 12.7. The van der Waals surface area contributed by atoms with E-state index in [1.807, 2.05) is 6.07 Å². The molecule has 0 radical (unpaired) electrons. The highest BCUT2D eigenvalue weighted by molar-refractivity contribution is 5.76. The fourth-order valence-electron chi connectivity index (χ4n) is 3.49. The molecule has 2 heteroatoms. The van der Waals surface area contributed by atoms with Crippen LogP contribution in [0, 0.1) is 11.8 Å². The van der Waals surface area contributed by atoms with E-state index in [2.05, 4.69) is 13.8 Å². The van der Waals surface area contributed by atoms with Crippen LogP contribution < -0.4 is 4.74 Å². The molecule has 0 spiro atoms. The maximum absolute atomic E-state index is 9.53. The molecule has 2 atom stereocenters. The minimum atomic E-state index is 0.286. The van der Waals surface area contributed by atoms with Gasteiger partial charge in [0.05, 0.1) is 0 Å². The molecule has 18 heavy (non-hydrogen) atoms. The fourth-order valence-corrected chi connectivity index (χ4v) is 3.49. The van der Waals surface area contributed by atoms with Crippen LogP contribution in [0.15, 0.2) is 23.8 Å². The number of hydrogen-bond acceptors (Lipinski definition) is 2. The van der Waals surface area contributed by atoms with Crippen LogP contribution in [-0.2, 0) is 0 Å². The minimum absolute atomic E-state index is 0.286. The number of phenols is 1. The summed E-state index contributed by atoms with van der Waals surface area (Å²) < 4.78 is 5.84. The molecule has 0 saturated carbocycles.